The number of benzene rings is 2. The van der Waals surface area contributed by atoms with Gasteiger partial charge in [-0.3, -0.25) is 9.59 Å². The van der Waals surface area contributed by atoms with Crippen molar-refractivity contribution in [2.75, 3.05) is 11.9 Å². The minimum absolute atomic E-state index is 0.0402. The van der Waals surface area contributed by atoms with E-state index in [-0.39, 0.29) is 11.6 Å². The fourth-order valence-electron chi connectivity index (χ4n) is 2.95. The molecule has 0 aliphatic heterocycles. The number of nitrogens with zero attached hydrogens (tertiary/aromatic N) is 2. The molecule has 2 amide bonds. The summed E-state index contributed by atoms with van der Waals surface area (Å²) in [4.78, 5) is 30.0. The van der Waals surface area contributed by atoms with Crippen molar-refractivity contribution in [2.45, 2.75) is 26.6 Å². The summed E-state index contributed by atoms with van der Waals surface area (Å²) in [5.41, 5.74) is 1.04. The Balaban J connectivity index is 1.74. The Labute approximate surface area is 181 Å². The summed E-state index contributed by atoms with van der Waals surface area (Å²) < 4.78 is 38.8. The third kappa shape index (κ3) is 5.69. The van der Waals surface area contributed by atoms with Gasteiger partial charge < -0.3 is 10.2 Å². The highest BCUT2D eigenvalue weighted by atomic mass is 32.1. The van der Waals surface area contributed by atoms with E-state index >= 15 is 0 Å². The number of nitrogens with one attached hydrogen (secondary N) is 1. The molecule has 31 heavy (non-hydrogen) atoms. The smallest absolute Gasteiger partial charge is 0.339 e. The van der Waals surface area contributed by atoms with Crippen LogP contribution in [0.25, 0.3) is 10.6 Å². The fourth-order valence-corrected chi connectivity index (χ4v) is 3.75. The molecule has 1 heterocycles. The van der Waals surface area contributed by atoms with Crippen molar-refractivity contribution in [3.05, 3.63) is 70.7 Å². The quantitative estimate of drug-likeness (QED) is 0.547. The van der Waals surface area contributed by atoms with E-state index in [9.17, 15) is 22.8 Å². The summed E-state index contributed by atoms with van der Waals surface area (Å²) in [5.74, 6) is -0.507. The molecule has 0 spiro atoms. The molecule has 0 saturated heterocycles. The van der Waals surface area contributed by atoms with Crippen molar-refractivity contribution in [1.29, 1.82) is 0 Å². The molecule has 1 aromatic heterocycles. The highest BCUT2D eigenvalue weighted by molar-refractivity contribution is 7.13. The second kappa shape index (κ2) is 9.30. The van der Waals surface area contributed by atoms with Crippen LogP contribution < -0.4 is 5.32 Å². The van der Waals surface area contributed by atoms with Crippen LogP contribution in [-0.2, 0) is 17.5 Å². The van der Waals surface area contributed by atoms with Gasteiger partial charge in [0.05, 0.1) is 5.56 Å². The third-order valence-electron chi connectivity index (χ3n) is 4.56. The molecule has 2 aromatic carbocycles. The average Bonchev–Trinajstić information content (AvgIpc) is 3.22. The molecule has 0 unspecified atom stereocenters. The average molecular weight is 447 g/mol. The molecule has 0 radical (unpaired) electrons. The van der Waals surface area contributed by atoms with Gasteiger partial charge in [0.15, 0.2) is 0 Å². The fraction of sp³-hybridized carbons (Fsp3) is 0.227. The van der Waals surface area contributed by atoms with E-state index in [0.717, 1.165) is 29.0 Å². The monoisotopic (exact) mass is 447 g/mol. The summed E-state index contributed by atoms with van der Waals surface area (Å²) in [5, 5.41) is 4.57. The van der Waals surface area contributed by atoms with Gasteiger partial charge >= 0.3 is 6.18 Å². The van der Waals surface area contributed by atoms with Crippen LogP contribution in [-0.4, -0.2) is 28.2 Å². The predicted molar refractivity (Wildman–Crippen MR) is 114 cm³/mol. The van der Waals surface area contributed by atoms with Gasteiger partial charge in [0, 0.05) is 36.6 Å². The second-order valence-corrected chi connectivity index (χ2v) is 7.66. The van der Waals surface area contributed by atoms with E-state index in [1.165, 1.54) is 24.4 Å². The number of thiazole rings is 1. The first-order valence-electron chi connectivity index (χ1n) is 9.46. The molecule has 3 aromatic rings. The van der Waals surface area contributed by atoms with Gasteiger partial charge in [-0.2, -0.15) is 13.2 Å². The molecule has 0 aliphatic rings. The standard InChI is InChI=1S/C22H20F3N3O2S/c1-3-28(14(2)29)12-15-6-4-9-18(10-15)26-20(30)19-13-31-21(27-19)16-7-5-8-17(11-16)22(23,24)25/h4-11,13H,3,12H2,1-2H3,(H,26,30). The maximum Gasteiger partial charge on any atom is 0.416 e. The number of amides is 2. The van der Waals surface area contributed by atoms with E-state index in [1.807, 2.05) is 13.0 Å². The Morgan fingerprint density at radius 3 is 2.55 bits per heavy atom. The lowest BCUT2D eigenvalue weighted by Crippen LogP contribution is -2.27. The van der Waals surface area contributed by atoms with Crippen LogP contribution in [0, 0.1) is 0 Å². The Bertz CT molecular complexity index is 1100. The molecule has 9 heteroatoms. The molecule has 1 N–H and O–H groups in total. The lowest BCUT2D eigenvalue weighted by atomic mass is 10.1. The number of hydrogen-bond donors (Lipinski definition) is 1. The summed E-state index contributed by atoms with van der Waals surface area (Å²) >= 11 is 1.10. The molecule has 0 aliphatic carbocycles. The molecule has 0 bridgehead atoms. The van der Waals surface area contributed by atoms with Gasteiger partial charge in [-0.25, -0.2) is 4.98 Å². The third-order valence-corrected chi connectivity index (χ3v) is 5.45. The first-order chi connectivity index (χ1) is 14.7. The minimum atomic E-state index is -4.45. The molecular weight excluding hydrogens is 427 g/mol. The molecule has 5 nitrogen and oxygen atoms in total. The van der Waals surface area contributed by atoms with E-state index in [4.69, 9.17) is 0 Å². The van der Waals surface area contributed by atoms with Crippen molar-refractivity contribution in [2.24, 2.45) is 0 Å². The molecule has 0 saturated carbocycles. The summed E-state index contributed by atoms with van der Waals surface area (Å²) in [7, 11) is 0. The zero-order valence-electron chi connectivity index (χ0n) is 16.9. The van der Waals surface area contributed by atoms with Crippen molar-refractivity contribution in [1.82, 2.24) is 9.88 Å². The predicted octanol–water partition coefficient (Wildman–Crippen LogP) is 5.45. The van der Waals surface area contributed by atoms with Crippen molar-refractivity contribution < 1.29 is 22.8 Å². The Kier molecular flexibility index (Phi) is 6.74. The van der Waals surface area contributed by atoms with Gasteiger partial charge in [0.25, 0.3) is 5.91 Å². The number of hydrogen-bond acceptors (Lipinski definition) is 4. The van der Waals surface area contributed by atoms with Gasteiger partial charge in [-0.15, -0.1) is 11.3 Å². The number of aromatic nitrogens is 1. The SMILES string of the molecule is CCN(Cc1cccc(NC(=O)c2csc(-c3cccc(C(F)(F)F)c3)n2)c1)C(C)=O. The first kappa shape index (κ1) is 22.5. The Hall–Kier alpha value is -3.20. The summed E-state index contributed by atoms with van der Waals surface area (Å²) in [6.07, 6.45) is -4.45. The summed E-state index contributed by atoms with van der Waals surface area (Å²) in [6.45, 7) is 4.38. The zero-order valence-corrected chi connectivity index (χ0v) is 17.7. The van der Waals surface area contributed by atoms with Gasteiger partial charge in [-0.05, 0) is 36.8 Å². The molecule has 0 fully saturated rings. The maximum absolute atomic E-state index is 12.9. The number of carbonyl (C=O) groups excluding carboxylic acids is 2. The molecular formula is C22H20F3N3O2S. The largest absolute Gasteiger partial charge is 0.416 e. The lowest BCUT2D eigenvalue weighted by molar-refractivity contribution is -0.137. The topological polar surface area (TPSA) is 62.3 Å². The van der Waals surface area contributed by atoms with Crippen LogP contribution >= 0.6 is 11.3 Å². The van der Waals surface area contributed by atoms with Crippen LogP contribution in [0.2, 0.25) is 0 Å². The number of alkyl halides is 3. The first-order valence-corrected chi connectivity index (χ1v) is 10.3. The van der Waals surface area contributed by atoms with E-state index in [2.05, 4.69) is 10.3 Å². The van der Waals surface area contributed by atoms with Gasteiger partial charge in [0.1, 0.15) is 10.7 Å². The zero-order chi connectivity index (χ0) is 22.6. The molecule has 162 valence electrons. The van der Waals surface area contributed by atoms with Crippen molar-refractivity contribution in [3.63, 3.8) is 0 Å². The highest BCUT2D eigenvalue weighted by Gasteiger charge is 2.30. The van der Waals surface area contributed by atoms with Crippen LogP contribution in [0.15, 0.2) is 53.9 Å². The van der Waals surface area contributed by atoms with Crippen molar-refractivity contribution in [3.8, 4) is 10.6 Å². The van der Waals surface area contributed by atoms with Gasteiger partial charge in [0.2, 0.25) is 5.91 Å². The number of carbonyl (C=O) groups is 2. The number of halogens is 3. The van der Waals surface area contributed by atoms with Crippen LogP contribution in [0.3, 0.4) is 0 Å². The number of anilines is 1. The maximum atomic E-state index is 12.9. The van der Waals surface area contributed by atoms with E-state index < -0.39 is 17.6 Å². The number of rotatable bonds is 6. The molecule has 0 atom stereocenters. The normalized spacial score (nSPS) is 11.3. The lowest BCUT2D eigenvalue weighted by Gasteiger charge is -2.19. The summed E-state index contributed by atoms with van der Waals surface area (Å²) in [6, 6.07) is 11.9. The van der Waals surface area contributed by atoms with E-state index in [1.54, 1.807) is 23.1 Å². The van der Waals surface area contributed by atoms with Crippen LogP contribution in [0.4, 0.5) is 18.9 Å². The second-order valence-electron chi connectivity index (χ2n) is 6.80. The van der Waals surface area contributed by atoms with Crippen LogP contribution in [0.1, 0.15) is 35.5 Å². The Morgan fingerprint density at radius 2 is 1.87 bits per heavy atom. The highest BCUT2D eigenvalue weighted by Crippen LogP contribution is 2.33. The van der Waals surface area contributed by atoms with E-state index in [0.29, 0.717) is 29.3 Å². The van der Waals surface area contributed by atoms with Crippen LogP contribution in [0.5, 0.6) is 0 Å². The Morgan fingerprint density at radius 1 is 1.13 bits per heavy atom. The minimum Gasteiger partial charge on any atom is -0.339 e. The van der Waals surface area contributed by atoms with Gasteiger partial charge in [-0.1, -0.05) is 24.3 Å². The van der Waals surface area contributed by atoms with Crippen molar-refractivity contribution >= 4 is 28.8 Å². The molecule has 3 rings (SSSR count).